The van der Waals surface area contributed by atoms with Crippen LogP contribution in [0.1, 0.15) is 38.2 Å². The summed E-state index contributed by atoms with van der Waals surface area (Å²) in [5.74, 6) is -0.349. The molecule has 0 spiro atoms. The summed E-state index contributed by atoms with van der Waals surface area (Å²) in [6, 6.07) is 9.68. The van der Waals surface area contributed by atoms with Gasteiger partial charge in [0, 0.05) is 17.7 Å². The van der Waals surface area contributed by atoms with Crippen LogP contribution in [-0.4, -0.2) is 18.4 Å². The van der Waals surface area contributed by atoms with E-state index < -0.39 is 0 Å². The van der Waals surface area contributed by atoms with Gasteiger partial charge in [0.2, 0.25) is 0 Å². The molecule has 1 aliphatic heterocycles. The van der Waals surface area contributed by atoms with Crippen LogP contribution in [0.3, 0.4) is 0 Å². The van der Waals surface area contributed by atoms with E-state index in [4.69, 9.17) is 16.2 Å². The Bertz CT molecular complexity index is 660. The highest BCUT2D eigenvalue weighted by Crippen LogP contribution is 2.39. The second-order valence-electron chi connectivity index (χ2n) is 5.29. The van der Waals surface area contributed by atoms with Gasteiger partial charge in [0.15, 0.2) is 0 Å². The molecule has 1 heterocycles. The Balaban J connectivity index is 2.65. The van der Waals surface area contributed by atoms with Crippen molar-refractivity contribution >= 4 is 11.8 Å². The Morgan fingerprint density at radius 3 is 2.57 bits per heavy atom. The van der Waals surface area contributed by atoms with Gasteiger partial charge in [0.05, 0.1) is 17.9 Å². The number of hydrogen-bond donors (Lipinski definition) is 2. The van der Waals surface area contributed by atoms with E-state index >= 15 is 0 Å². The minimum atomic E-state index is -0.361. The quantitative estimate of drug-likeness (QED) is 0.817. The maximum Gasteiger partial charge on any atom is 0.336 e. The number of allylic oxidation sites excluding steroid dienone is 1. The van der Waals surface area contributed by atoms with Crippen LogP contribution >= 0.6 is 0 Å². The molecule has 0 amide bonds. The maximum absolute atomic E-state index is 12.6. The SMILES string of the molecule is CCCC1=C(C(=O)OCC)C(c2ccccc2)/C(=C/N)C(N)=N1. The van der Waals surface area contributed by atoms with Gasteiger partial charge < -0.3 is 16.2 Å². The Hall–Kier alpha value is -2.56. The first-order valence-corrected chi connectivity index (χ1v) is 7.85. The molecular weight excluding hydrogens is 290 g/mol. The number of hydrogen-bond acceptors (Lipinski definition) is 5. The number of amidine groups is 1. The lowest BCUT2D eigenvalue weighted by molar-refractivity contribution is -0.138. The molecule has 5 heteroatoms. The number of esters is 1. The van der Waals surface area contributed by atoms with E-state index in [1.807, 2.05) is 37.3 Å². The predicted octanol–water partition coefficient (Wildman–Crippen LogP) is 2.60. The minimum absolute atomic E-state index is 0.310. The number of rotatable bonds is 5. The molecule has 0 saturated carbocycles. The molecule has 0 bridgehead atoms. The third kappa shape index (κ3) is 3.44. The zero-order chi connectivity index (χ0) is 16.8. The van der Waals surface area contributed by atoms with E-state index in [1.54, 1.807) is 6.92 Å². The molecule has 0 radical (unpaired) electrons. The van der Waals surface area contributed by atoms with Gasteiger partial charge in [-0.05, 0) is 18.9 Å². The molecule has 0 aliphatic carbocycles. The number of aliphatic imine (C=N–C) groups is 1. The first-order chi connectivity index (χ1) is 11.1. The summed E-state index contributed by atoms with van der Waals surface area (Å²) in [4.78, 5) is 17.0. The van der Waals surface area contributed by atoms with E-state index in [9.17, 15) is 4.79 Å². The summed E-state index contributed by atoms with van der Waals surface area (Å²) in [5.41, 5.74) is 14.7. The third-order valence-corrected chi connectivity index (χ3v) is 3.76. The average molecular weight is 313 g/mol. The van der Waals surface area contributed by atoms with Crippen molar-refractivity contribution in [3.8, 4) is 0 Å². The topological polar surface area (TPSA) is 90.7 Å². The van der Waals surface area contributed by atoms with Crippen molar-refractivity contribution in [3.63, 3.8) is 0 Å². The van der Waals surface area contributed by atoms with Crippen molar-refractivity contribution in [1.29, 1.82) is 0 Å². The largest absolute Gasteiger partial charge is 0.463 e. The molecule has 1 atom stereocenters. The first kappa shape index (κ1) is 16.8. The highest BCUT2D eigenvalue weighted by molar-refractivity contribution is 6.05. The van der Waals surface area contributed by atoms with Crippen molar-refractivity contribution < 1.29 is 9.53 Å². The maximum atomic E-state index is 12.6. The van der Waals surface area contributed by atoms with Crippen LogP contribution in [0, 0.1) is 0 Å². The monoisotopic (exact) mass is 313 g/mol. The second-order valence-corrected chi connectivity index (χ2v) is 5.29. The molecule has 1 aromatic rings. The van der Waals surface area contributed by atoms with Crippen molar-refractivity contribution in [2.45, 2.75) is 32.6 Å². The van der Waals surface area contributed by atoms with Crippen LogP contribution in [0.15, 0.2) is 58.4 Å². The molecule has 122 valence electrons. The lowest BCUT2D eigenvalue weighted by Crippen LogP contribution is -2.30. The summed E-state index contributed by atoms with van der Waals surface area (Å²) in [5, 5.41) is 0. The molecule has 0 saturated heterocycles. The van der Waals surface area contributed by atoms with Gasteiger partial charge in [-0.3, -0.25) is 0 Å². The molecule has 2 rings (SSSR count). The zero-order valence-corrected chi connectivity index (χ0v) is 13.6. The van der Waals surface area contributed by atoms with Gasteiger partial charge in [-0.15, -0.1) is 0 Å². The molecular formula is C18H23N3O2. The molecule has 1 aromatic carbocycles. The fourth-order valence-corrected chi connectivity index (χ4v) is 2.79. The summed E-state index contributed by atoms with van der Waals surface area (Å²) in [6.45, 7) is 4.13. The Labute approximate surface area is 136 Å². The normalized spacial score (nSPS) is 19.7. The fraction of sp³-hybridized carbons (Fsp3) is 0.333. The third-order valence-electron chi connectivity index (χ3n) is 3.76. The van der Waals surface area contributed by atoms with Crippen LogP contribution in [0.25, 0.3) is 0 Å². The number of carbonyl (C=O) groups excluding carboxylic acids is 1. The zero-order valence-electron chi connectivity index (χ0n) is 13.6. The van der Waals surface area contributed by atoms with Gasteiger partial charge >= 0.3 is 5.97 Å². The van der Waals surface area contributed by atoms with E-state index in [0.29, 0.717) is 35.7 Å². The molecule has 23 heavy (non-hydrogen) atoms. The Morgan fingerprint density at radius 1 is 1.30 bits per heavy atom. The van der Waals surface area contributed by atoms with Gasteiger partial charge in [0.1, 0.15) is 5.84 Å². The van der Waals surface area contributed by atoms with Crippen molar-refractivity contribution in [1.82, 2.24) is 0 Å². The van der Waals surface area contributed by atoms with Gasteiger partial charge in [-0.25, -0.2) is 9.79 Å². The van der Waals surface area contributed by atoms with Crippen LogP contribution in [0.2, 0.25) is 0 Å². The van der Waals surface area contributed by atoms with E-state index in [-0.39, 0.29) is 11.9 Å². The van der Waals surface area contributed by atoms with Crippen LogP contribution in [-0.2, 0) is 9.53 Å². The van der Waals surface area contributed by atoms with E-state index in [1.165, 1.54) is 6.20 Å². The molecule has 0 aromatic heterocycles. The summed E-state index contributed by atoms with van der Waals surface area (Å²) < 4.78 is 5.26. The van der Waals surface area contributed by atoms with Crippen LogP contribution < -0.4 is 11.5 Å². The second kappa shape index (κ2) is 7.63. The predicted molar refractivity (Wildman–Crippen MR) is 91.6 cm³/mol. The number of carbonyl (C=O) groups is 1. The van der Waals surface area contributed by atoms with Crippen molar-refractivity contribution in [3.05, 3.63) is 58.9 Å². The van der Waals surface area contributed by atoms with Gasteiger partial charge in [0.25, 0.3) is 0 Å². The average Bonchev–Trinajstić information content (AvgIpc) is 2.55. The van der Waals surface area contributed by atoms with E-state index in [0.717, 1.165) is 12.0 Å². The minimum Gasteiger partial charge on any atom is -0.463 e. The molecule has 5 nitrogen and oxygen atoms in total. The number of benzene rings is 1. The molecule has 1 aliphatic rings. The standard InChI is InChI=1S/C18H23N3O2/c1-3-8-14-16(18(22)23-4-2)15(12-9-6-5-7-10-12)13(11-19)17(20)21-14/h5-7,9-11,15H,3-4,8,19H2,1-2H3,(H2,20,21)/b13-11-. The fourth-order valence-electron chi connectivity index (χ4n) is 2.79. The van der Waals surface area contributed by atoms with Crippen molar-refractivity contribution in [2.75, 3.05) is 6.61 Å². The summed E-state index contributed by atoms with van der Waals surface area (Å²) >= 11 is 0. The molecule has 4 N–H and O–H groups in total. The summed E-state index contributed by atoms with van der Waals surface area (Å²) in [6.07, 6.45) is 2.95. The highest BCUT2D eigenvalue weighted by Gasteiger charge is 2.34. The molecule has 1 unspecified atom stereocenters. The lowest BCUT2D eigenvalue weighted by Gasteiger charge is -2.28. The number of ether oxygens (including phenoxy) is 1. The lowest BCUT2D eigenvalue weighted by atomic mass is 9.81. The Morgan fingerprint density at radius 2 is 2.00 bits per heavy atom. The molecule has 0 fully saturated rings. The number of nitrogens with zero attached hydrogens (tertiary/aromatic N) is 1. The summed E-state index contributed by atoms with van der Waals surface area (Å²) in [7, 11) is 0. The van der Waals surface area contributed by atoms with Crippen LogP contribution in [0.4, 0.5) is 0 Å². The van der Waals surface area contributed by atoms with Gasteiger partial charge in [-0.1, -0.05) is 43.7 Å². The number of nitrogens with two attached hydrogens (primary N) is 2. The van der Waals surface area contributed by atoms with Gasteiger partial charge in [-0.2, -0.15) is 0 Å². The van der Waals surface area contributed by atoms with Crippen molar-refractivity contribution in [2.24, 2.45) is 16.5 Å². The Kier molecular flexibility index (Phi) is 5.57. The smallest absolute Gasteiger partial charge is 0.336 e. The highest BCUT2D eigenvalue weighted by atomic mass is 16.5. The van der Waals surface area contributed by atoms with Crippen LogP contribution in [0.5, 0.6) is 0 Å². The van der Waals surface area contributed by atoms with E-state index in [2.05, 4.69) is 4.99 Å². The first-order valence-electron chi connectivity index (χ1n) is 7.85.